The minimum atomic E-state index is -0.289. The lowest BCUT2D eigenvalue weighted by Gasteiger charge is -2.37. The summed E-state index contributed by atoms with van der Waals surface area (Å²) in [5, 5.41) is 3.46. The van der Waals surface area contributed by atoms with E-state index in [0.717, 1.165) is 32.0 Å². The number of piperidine rings is 1. The number of likely N-dealkylation sites (tertiary alicyclic amines) is 1. The van der Waals surface area contributed by atoms with Crippen LogP contribution in [0.2, 0.25) is 0 Å². The molecule has 2 fully saturated rings. The number of rotatable bonds is 3. The molecule has 0 aromatic carbocycles. The topological polar surface area (TPSA) is 32.3 Å². The summed E-state index contributed by atoms with van der Waals surface area (Å²) in [5.74, 6) is 1.19. The summed E-state index contributed by atoms with van der Waals surface area (Å²) in [4.78, 5) is 14.9. The molecule has 1 N–H and O–H groups in total. The van der Waals surface area contributed by atoms with E-state index in [1.54, 1.807) is 0 Å². The molecule has 2 atom stereocenters. The van der Waals surface area contributed by atoms with Gasteiger partial charge in [-0.15, -0.1) is 0 Å². The van der Waals surface area contributed by atoms with Gasteiger partial charge in [0.1, 0.15) is 0 Å². The van der Waals surface area contributed by atoms with Gasteiger partial charge in [-0.25, -0.2) is 0 Å². The number of carbonyl (C=O) groups is 1. The molecule has 3 nitrogen and oxygen atoms in total. The first-order valence-electron chi connectivity index (χ1n) is 8.20. The first-order valence-corrected chi connectivity index (χ1v) is 8.20. The van der Waals surface area contributed by atoms with Crippen molar-refractivity contribution in [3.05, 3.63) is 0 Å². The maximum atomic E-state index is 12.8. The van der Waals surface area contributed by atoms with E-state index < -0.39 is 0 Å². The maximum Gasteiger partial charge on any atom is 0.242 e. The summed E-state index contributed by atoms with van der Waals surface area (Å²) in [6, 6.07) is 0. The fraction of sp³-hybridized carbons (Fsp3) is 0.938. The zero-order valence-corrected chi connectivity index (χ0v) is 12.7. The van der Waals surface area contributed by atoms with Gasteiger partial charge in [0.25, 0.3) is 0 Å². The standard InChI is InChI=1S/C16H30N2O/c1-3-7-14-8-6-12-18(13-9-14)15(19)16(2)10-4-5-11-17-16/h14,17H,3-13H2,1-2H3. The van der Waals surface area contributed by atoms with Gasteiger partial charge >= 0.3 is 0 Å². The number of amides is 1. The predicted molar refractivity (Wildman–Crippen MR) is 79.1 cm³/mol. The predicted octanol–water partition coefficient (Wildman–Crippen LogP) is 2.95. The molecule has 0 aliphatic carbocycles. The molecular formula is C16H30N2O. The Morgan fingerprint density at radius 1 is 1.26 bits per heavy atom. The van der Waals surface area contributed by atoms with Crippen molar-refractivity contribution in [3.63, 3.8) is 0 Å². The lowest BCUT2D eigenvalue weighted by molar-refractivity contribution is -0.138. The van der Waals surface area contributed by atoms with Gasteiger partial charge in [-0.05, 0) is 57.9 Å². The van der Waals surface area contributed by atoms with Crippen molar-refractivity contribution in [2.45, 2.75) is 70.8 Å². The van der Waals surface area contributed by atoms with E-state index in [0.29, 0.717) is 5.91 Å². The highest BCUT2D eigenvalue weighted by Crippen LogP contribution is 2.26. The summed E-state index contributed by atoms with van der Waals surface area (Å²) in [6.45, 7) is 7.30. The highest BCUT2D eigenvalue weighted by molar-refractivity contribution is 5.86. The summed E-state index contributed by atoms with van der Waals surface area (Å²) >= 11 is 0. The van der Waals surface area contributed by atoms with Crippen molar-refractivity contribution in [2.24, 2.45) is 5.92 Å². The lowest BCUT2D eigenvalue weighted by Crippen LogP contribution is -2.58. The molecule has 0 aromatic rings. The number of nitrogens with zero attached hydrogens (tertiary/aromatic N) is 1. The number of hydrogen-bond donors (Lipinski definition) is 1. The maximum absolute atomic E-state index is 12.8. The van der Waals surface area contributed by atoms with Gasteiger partial charge < -0.3 is 10.2 Å². The Hall–Kier alpha value is -0.570. The normalized spacial score (nSPS) is 32.9. The van der Waals surface area contributed by atoms with Crippen molar-refractivity contribution in [2.75, 3.05) is 19.6 Å². The monoisotopic (exact) mass is 266 g/mol. The number of hydrogen-bond acceptors (Lipinski definition) is 2. The van der Waals surface area contributed by atoms with E-state index in [9.17, 15) is 4.79 Å². The first kappa shape index (κ1) is 14.8. The molecule has 0 spiro atoms. The second-order valence-electron chi connectivity index (χ2n) is 6.59. The molecule has 110 valence electrons. The third-order valence-corrected chi connectivity index (χ3v) is 4.92. The fourth-order valence-electron chi connectivity index (χ4n) is 3.65. The largest absolute Gasteiger partial charge is 0.341 e. The van der Waals surface area contributed by atoms with Crippen LogP contribution in [0.15, 0.2) is 0 Å². The average Bonchev–Trinajstić information content (AvgIpc) is 2.65. The van der Waals surface area contributed by atoms with Crippen LogP contribution in [-0.4, -0.2) is 36.0 Å². The van der Waals surface area contributed by atoms with Crippen molar-refractivity contribution in [1.29, 1.82) is 0 Å². The number of carbonyl (C=O) groups excluding carboxylic acids is 1. The molecule has 0 bridgehead atoms. The summed E-state index contributed by atoms with van der Waals surface area (Å²) in [7, 11) is 0. The van der Waals surface area contributed by atoms with Crippen LogP contribution in [0.4, 0.5) is 0 Å². The van der Waals surface area contributed by atoms with Gasteiger partial charge in [0.05, 0.1) is 5.54 Å². The molecule has 3 heteroatoms. The van der Waals surface area contributed by atoms with Crippen LogP contribution in [0.5, 0.6) is 0 Å². The minimum Gasteiger partial charge on any atom is -0.341 e. The molecular weight excluding hydrogens is 236 g/mol. The average molecular weight is 266 g/mol. The summed E-state index contributed by atoms with van der Waals surface area (Å²) < 4.78 is 0. The van der Waals surface area contributed by atoms with E-state index in [-0.39, 0.29) is 5.54 Å². The smallest absolute Gasteiger partial charge is 0.242 e. The molecule has 2 unspecified atom stereocenters. The van der Waals surface area contributed by atoms with Crippen LogP contribution >= 0.6 is 0 Å². The lowest BCUT2D eigenvalue weighted by atomic mass is 9.89. The van der Waals surface area contributed by atoms with Crippen molar-refractivity contribution < 1.29 is 4.79 Å². The van der Waals surface area contributed by atoms with Crippen molar-refractivity contribution in [3.8, 4) is 0 Å². The Bertz CT molecular complexity index is 297. The van der Waals surface area contributed by atoms with Crippen LogP contribution in [0, 0.1) is 5.92 Å². The van der Waals surface area contributed by atoms with Crippen molar-refractivity contribution in [1.82, 2.24) is 10.2 Å². The zero-order valence-electron chi connectivity index (χ0n) is 12.7. The first-order chi connectivity index (χ1) is 9.15. The second kappa shape index (κ2) is 6.74. The SMILES string of the molecule is CCCC1CCCN(C(=O)C2(C)CCCCN2)CC1. The molecule has 2 saturated heterocycles. The molecule has 0 radical (unpaired) electrons. The summed E-state index contributed by atoms with van der Waals surface area (Å²) in [6.07, 6.45) is 9.70. The highest BCUT2D eigenvalue weighted by Gasteiger charge is 2.37. The molecule has 2 rings (SSSR count). The van der Waals surface area contributed by atoms with E-state index in [1.165, 1.54) is 44.9 Å². The van der Waals surface area contributed by atoms with Gasteiger partial charge in [0.15, 0.2) is 0 Å². The van der Waals surface area contributed by atoms with Crippen LogP contribution in [0.3, 0.4) is 0 Å². The molecule has 2 aliphatic heterocycles. The Morgan fingerprint density at radius 3 is 2.79 bits per heavy atom. The number of nitrogens with one attached hydrogen (secondary N) is 1. The second-order valence-corrected chi connectivity index (χ2v) is 6.59. The highest BCUT2D eigenvalue weighted by atomic mass is 16.2. The van der Waals surface area contributed by atoms with Gasteiger partial charge in [0, 0.05) is 13.1 Å². The molecule has 2 heterocycles. The van der Waals surface area contributed by atoms with Gasteiger partial charge in [0.2, 0.25) is 5.91 Å². The van der Waals surface area contributed by atoms with E-state index in [4.69, 9.17) is 0 Å². The zero-order chi connectivity index (χ0) is 13.7. The Kier molecular flexibility index (Phi) is 5.26. The van der Waals surface area contributed by atoms with Crippen molar-refractivity contribution >= 4 is 5.91 Å². The third-order valence-electron chi connectivity index (χ3n) is 4.92. The van der Waals surface area contributed by atoms with Crippen LogP contribution < -0.4 is 5.32 Å². The van der Waals surface area contributed by atoms with Gasteiger partial charge in [-0.1, -0.05) is 19.8 Å². The van der Waals surface area contributed by atoms with Gasteiger partial charge in [-0.3, -0.25) is 4.79 Å². The molecule has 0 aromatic heterocycles. The van der Waals surface area contributed by atoms with E-state index >= 15 is 0 Å². The van der Waals surface area contributed by atoms with Crippen LogP contribution in [0.25, 0.3) is 0 Å². The van der Waals surface area contributed by atoms with E-state index in [1.807, 2.05) is 0 Å². The molecule has 2 aliphatic rings. The Labute approximate surface area is 118 Å². The Balaban J connectivity index is 1.92. The van der Waals surface area contributed by atoms with Crippen LogP contribution in [-0.2, 0) is 4.79 Å². The molecule has 1 amide bonds. The third kappa shape index (κ3) is 3.71. The fourth-order valence-corrected chi connectivity index (χ4v) is 3.65. The van der Waals surface area contributed by atoms with Crippen LogP contribution in [0.1, 0.15) is 65.2 Å². The van der Waals surface area contributed by atoms with Gasteiger partial charge in [-0.2, -0.15) is 0 Å². The molecule has 19 heavy (non-hydrogen) atoms. The quantitative estimate of drug-likeness (QED) is 0.852. The minimum absolute atomic E-state index is 0.289. The molecule has 0 saturated carbocycles. The Morgan fingerprint density at radius 2 is 2.11 bits per heavy atom. The summed E-state index contributed by atoms with van der Waals surface area (Å²) in [5.41, 5.74) is -0.289. The van der Waals surface area contributed by atoms with E-state index in [2.05, 4.69) is 24.1 Å².